The largest absolute Gasteiger partial charge is 0.481 e. The number of aryl methyl sites for hydroxylation is 1. The summed E-state index contributed by atoms with van der Waals surface area (Å²) < 4.78 is 5.74. The summed E-state index contributed by atoms with van der Waals surface area (Å²) in [5.41, 5.74) is 1.17. The van der Waals surface area contributed by atoms with Crippen molar-refractivity contribution < 1.29 is 14.6 Å². The zero-order valence-electron chi connectivity index (χ0n) is 12.7. The van der Waals surface area contributed by atoms with Crippen LogP contribution in [0.3, 0.4) is 0 Å². The zero-order chi connectivity index (χ0) is 15.0. The Balaban J connectivity index is 1.59. The van der Waals surface area contributed by atoms with Gasteiger partial charge in [0, 0.05) is 19.0 Å². The summed E-state index contributed by atoms with van der Waals surface area (Å²) in [5.74, 6) is 1.48. The summed E-state index contributed by atoms with van der Waals surface area (Å²) in [6.07, 6.45) is 1.19. The molecule has 1 saturated carbocycles. The molecular formula is C17H23NO3. The van der Waals surface area contributed by atoms with Gasteiger partial charge in [0.15, 0.2) is 6.10 Å². The molecular weight excluding hydrogens is 266 g/mol. The van der Waals surface area contributed by atoms with Crippen molar-refractivity contribution in [3.8, 4) is 5.75 Å². The van der Waals surface area contributed by atoms with E-state index >= 15 is 0 Å². The zero-order valence-corrected chi connectivity index (χ0v) is 12.7. The average Bonchev–Trinajstić information content (AvgIpc) is 3.03. The van der Waals surface area contributed by atoms with E-state index in [-0.39, 0.29) is 17.9 Å². The lowest BCUT2D eigenvalue weighted by Gasteiger charge is -2.23. The van der Waals surface area contributed by atoms with Crippen LogP contribution in [0, 0.1) is 18.8 Å². The maximum Gasteiger partial charge on any atom is 0.263 e. The molecule has 0 spiro atoms. The van der Waals surface area contributed by atoms with Crippen molar-refractivity contribution in [1.82, 2.24) is 4.90 Å². The van der Waals surface area contributed by atoms with Crippen LogP contribution >= 0.6 is 0 Å². The Bertz CT molecular complexity index is 513. The number of amides is 1. The Morgan fingerprint density at radius 1 is 1.29 bits per heavy atom. The number of rotatable bonds is 3. The number of likely N-dealkylation sites (tertiary alicyclic amines) is 1. The van der Waals surface area contributed by atoms with Gasteiger partial charge in [-0.3, -0.25) is 4.79 Å². The average molecular weight is 289 g/mol. The molecule has 0 bridgehead atoms. The van der Waals surface area contributed by atoms with Crippen molar-refractivity contribution in [1.29, 1.82) is 0 Å². The smallest absolute Gasteiger partial charge is 0.263 e. The van der Waals surface area contributed by atoms with Gasteiger partial charge in [-0.1, -0.05) is 17.7 Å². The van der Waals surface area contributed by atoms with Gasteiger partial charge in [0.2, 0.25) is 0 Å². The number of hydrogen-bond donors (Lipinski definition) is 1. The molecule has 4 nitrogen and oxygen atoms in total. The third kappa shape index (κ3) is 2.91. The second-order valence-corrected chi connectivity index (χ2v) is 6.38. The van der Waals surface area contributed by atoms with E-state index < -0.39 is 6.10 Å². The molecule has 3 rings (SSSR count). The van der Waals surface area contributed by atoms with Gasteiger partial charge in [-0.2, -0.15) is 0 Å². The highest BCUT2D eigenvalue weighted by Gasteiger charge is 2.44. The fraction of sp³-hybridized carbons (Fsp3) is 0.588. The molecule has 0 aromatic heterocycles. The Kier molecular flexibility index (Phi) is 3.89. The molecule has 1 aliphatic carbocycles. The second-order valence-electron chi connectivity index (χ2n) is 6.38. The predicted molar refractivity (Wildman–Crippen MR) is 80.1 cm³/mol. The first-order valence-corrected chi connectivity index (χ1v) is 7.75. The summed E-state index contributed by atoms with van der Waals surface area (Å²) in [4.78, 5) is 14.3. The minimum Gasteiger partial charge on any atom is -0.481 e. The first kappa shape index (κ1) is 14.4. The number of hydrogen-bond acceptors (Lipinski definition) is 3. The quantitative estimate of drug-likeness (QED) is 0.926. The van der Waals surface area contributed by atoms with Crippen molar-refractivity contribution in [2.75, 3.05) is 13.1 Å². The number of fused-ring (bicyclic) bond motifs is 1. The van der Waals surface area contributed by atoms with Gasteiger partial charge < -0.3 is 14.7 Å². The number of ether oxygens (including phenoxy) is 1. The first-order valence-electron chi connectivity index (χ1n) is 7.75. The molecule has 2 aliphatic rings. The van der Waals surface area contributed by atoms with Gasteiger partial charge in [-0.05, 0) is 44.7 Å². The molecule has 1 amide bonds. The predicted octanol–water partition coefficient (Wildman–Crippen LogP) is 1.99. The summed E-state index contributed by atoms with van der Waals surface area (Å²) in [5, 5.41) is 9.93. The summed E-state index contributed by atoms with van der Waals surface area (Å²) in [6, 6.07) is 7.73. The van der Waals surface area contributed by atoms with E-state index in [0.29, 0.717) is 12.5 Å². The van der Waals surface area contributed by atoms with E-state index in [1.807, 2.05) is 36.1 Å². The number of aliphatic hydroxyl groups is 1. The lowest BCUT2D eigenvalue weighted by atomic mass is 10.00. The molecule has 114 valence electrons. The summed E-state index contributed by atoms with van der Waals surface area (Å²) in [6.45, 7) is 5.26. The highest BCUT2D eigenvalue weighted by Crippen LogP contribution is 2.38. The Morgan fingerprint density at radius 3 is 2.67 bits per heavy atom. The number of aliphatic hydroxyl groups excluding tert-OH is 1. The van der Waals surface area contributed by atoms with Gasteiger partial charge in [-0.15, -0.1) is 0 Å². The fourth-order valence-corrected chi connectivity index (χ4v) is 3.55. The minimum atomic E-state index is -0.483. The topological polar surface area (TPSA) is 49.8 Å². The summed E-state index contributed by atoms with van der Waals surface area (Å²) >= 11 is 0. The monoisotopic (exact) mass is 289 g/mol. The second kappa shape index (κ2) is 5.68. The third-order valence-electron chi connectivity index (χ3n) is 4.81. The lowest BCUT2D eigenvalue weighted by molar-refractivity contribution is -0.137. The van der Waals surface area contributed by atoms with Crippen molar-refractivity contribution >= 4 is 5.91 Å². The molecule has 1 heterocycles. The molecule has 1 N–H and O–H groups in total. The van der Waals surface area contributed by atoms with Crippen LogP contribution in [-0.4, -0.2) is 41.2 Å². The Hall–Kier alpha value is -1.55. The molecule has 21 heavy (non-hydrogen) atoms. The van der Waals surface area contributed by atoms with E-state index in [1.165, 1.54) is 5.56 Å². The van der Waals surface area contributed by atoms with Crippen LogP contribution in [0.5, 0.6) is 5.75 Å². The Labute approximate surface area is 125 Å². The fourth-order valence-electron chi connectivity index (χ4n) is 3.55. The lowest BCUT2D eigenvalue weighted by Crippen LogP contribution is -2.40. The van der Waals surface area contributed by atoms with Crippen LogP contribution in [0.15, 0.2) is 24.3 Å². The van der Waals surface area contributed by atoms with Gasteiger partial charge in [-0.25, -0.2) is 0 Å². The van der Waals surface area contributed by atoms with Crippen LogP contribution in [0.4, 0.5) is 0 Å². The third-order valence-corrected chi connectivity index (χ3v) is 4.81. The number of benzene rings is 1. The van der Waals surface area contributed by atoms with Crippen LogP contribution in [0.25, 0.3) is 0 Å². The normalized spacial score (nSPS) is 29.3. The van der Waals surface area contributed by atoms with Crippen molar-refractivity contribution in [2.45, 2.75) is 38.9 Å². The van der Waals surface area contributed by atoms with E-state index in [0.717, 1.165) is 25.1 Å². The number of carbonyl (C=O) groups excluding carboxylic acids is 1. The van der Waals surface area contributed by atoms with Crippen molar-refractivity contribution in [3.05, 3.63) is 29.8 Å². The van der Waals surface area contributed by atoms with E-state index in [4.69, 9.17) is 4.74 Å². The molecule has 1 aliphatic heterocycles. The van der Waals surface area contributed by atoms with Crippen LogP contribution in [-0.2, 0) is 4.79 Å². The Morgan fingerprint density at radius 2 is 2.00 bits per heavy atom. The highest BCUT2D eigenvalue weighted by molar-refractivity contribution is 5.81. The van der Waals surface area contributed by atoms with E-state index in [1.54, 1.807) is 6.92 Å². The molecule has 0 radical (unpaired) electrons. The molecule has 2 fully saturated rings. The van der Waals surface area contributed by atoms with Crippen molar-refractivity contribution in [2.24, 2.45) is 11.8 Å². The molecule has 4 unspecified atom stereocenters. The SMILES string of the molecule is Cc1ccc(OC(C)C(=O)N2CC3CCC(O)C3C2)cc1. The molecule has 1 aromatic carbocycles. The maximum absolute atomic E-state index is 12.5. The maximum atomic E-state index is 12.5. The summed E-state index contributed by atoms with van der Waals surface area (Å²) in [7, 11) is 0. The van der Waals surface area contributed by atoms with Crippen LogP contribution in [0.2, 0.25) is 0 Å². The molecule has 4 atom stereocenters. The van der Waals surface area contributed by atoms with Gasteiger partial charge in [0.05, 0.1) is 6.10 Å². The number of carbonyl (C=O) groups is 1. The molecule has 4 heteroatoms. The van der Waals surface area contributed by atoms with Gasteiger partial charge in [0.1, 0.15) is 5.75 Å². The van der Waals surface area contributed by atoms with Gasteiger partial charge >= 0.3 is 0 Å². The van der Waals surface area contributed by atoms with Crippen LogP contribution in [0.1, 0.15) is 25.3 Å². The standard InChI is InChI=1S/C17H23NO3/c1-11-3-6-14(7-4-11)21-12(2)17(20)18-9-13-5-8-16(19)15(13)10-18/h3-4,6-7,12-13,15-16,19H,5,8-10H2,1-2H3. The van der Waals surface area contributed by atoms with Crippen molar-refractivity contribution in [3.63, 3.8) is 0 Å². The first-order chi connectivity index (χ1) is 10.0. The van der Waals surface area contributed by atoms with E-state index in [2.05, 4.69) is 0 Å². The molecule has 1 saturated heterocycles. The molecule has 1 aromatic rings. The van der Waals surface area contributed by atoms with Gasteiger partial charge in [0.25, 0.3) is 5.91 Å². The van der Waals surface area contributed by atoms with E-state index in [9.17, 15) is 9.90 Å². The van der Waals surface area contributed by atoms with Crippen LogP contribution < -0.4 is 4.74 Å². The number of nitrogens with zero attached hydrogens (tertiary/aromatic N) is 1. The minimum absolute atomic E-state index is 0.0252. The highest BCUT2D eigenvalue weighted by atomic mass is 16.5.